The molecule has 0 aliphatic rings. The van der Waals surface area contributed by atoms with Crippen LogP contribution in [0.4, 0.5) is 5.69 Å². The van der Waals surface area contributed by atoms with Crippen LogP contribution >= 0.6 is 12.2 Å². The van der Waals surface area contributed by atoms with Crippen molar-refractivity contribution < 1.29 is 14.8 Å². The molecule has 0 aliphatic carbocycles. The zero-order valence-electron chi connectivity index (χ0n) is 16.6. The molecule has 2 N–H and O–H groups in total. The summed E-state index contributed by atoms with van der Waals surface area (Å²) in [5.41, 5.74) is 4.67. The summed E-state index contributed by atoms with van der Waals surface area (Å²) in [7, 11) is 0. The molecule has 3 aromatic rings. The molecule has 1 aromatic heterocycles. The van der Waals surface area contributed by atoms with Crippen LogP contribution in [-0.4, -0.2) is 10.1 Å². The second-order valence-corrected chi connectivity index (χ2v) is 7.24. The van der Waals surface area contributed by atoms with Crippen molar-refractivity contribution in [2.75, 3.05) is 5.32 Å². The van der Waals surface area contributed by atoms with Crippen molar-refractivity contribution in [3.63, 3.8) is 0 Å². The van der Waals surface area contributed by atoms with E-state index in [9.17, 15) is 10.2 Å². The third-order valence-electron chi connectivity index (χ3n) is 4.63. The quantitative estimate of drug-likeness (QED) is 0.286. The Bertz CT molecular complexity index is 1040. The van der Waals surface area contributed by atoms with E-state index in [-0.39, 0.29) is 12.4 Å². The lowest BCUT2D eigenvalue weighted by atomic mass is 10.1. The minimum Gasteiger partial charge on any atom is -0.867 e. The van der Waals surface area contributed by atoms with Gasteiger partial charge in [-0.3, -0.25) is 0 Å². The van der Waals surface area contributed by atoms with Crippen molar-refractivity contribution in [1.82, 2.24) is 0 Å². The van der Waals surface area contributed by atoms with Gasteiger partial charge in [-0.2, -0.15) is 4.57 Å². The van der Waals surface area contributed by atoms with E-state index in [1.54, 1.807) is 29.1 Å². The Morgan fingerprint density at radius 3 is 2.48 bits per heavy atom. The first-order chi connectivity index (χ1) is 14.0. The number of aliphatic hydroxyl groups is 1. The van der Waals surface area contributed by atoms with Crippen LogP contribution in [0.15, 0.2) is 73.1 Å². The molecule has 0 saturated heterocycles. The fourth-order valence-corrected chi connectivity index (χ4v) is 3.35. The van der Waals surface area contributed by atoms with Crippen molar-refractivity contribution in [3.05, 3.63) is 95.3 Å². The maximum Gasteiger partial charge on any atom is 0.238 e. The highest BCUT2D eigenvalue weighted by Gasteiger charge is 2.19. The Labute approximate surface area is 176 Å². The Morgan fingerprint density at radius 1 is 1.07 bits per heavy atom. The van der Waals surface area contributed by atoms with Gasteiger partial charge >= 0.3 is 0 Å². The van der Waals surface area contributed by atoms with Gasteiger partial charge in [0.15, 0.2) is 17.4 Å². The largest absolute Gasteiger partial charge is 0.867 e. The number of benzene rings is 2. The summed E-state index contributed by atoms with van der Waals surface area (Å²) >= 11 is 5.63. The number of thiocarbonyl (C=S) groups is 1. The van der Waals surface area contributed by atoms with Crippen molar-refractivity contribution in [1.29, 1.82) is 0 Å². The number of aromatic nitrogens is 1. The molecule has 0 fully saturated rings. The fraction of sp³-hybridized carbons (Fsp3) is 0.167. The Kier molecular flexibility index (Phi) is 6.75. The van der Waals surface area contributed by atoms with Crippen LogP contribution in [0.25, 0.3) is 11.5 Å². The van der Waals surface area contributed by atoms with Gasteiger partial charge in [0.05, 0.1) is 6.61 Å². The number of hydrogen-bond donors (Lipinski definition) is 2. The highest BCUT2D eigenvalue weighted by molar-refractivity contribution is 7.81. The van der Waals surface area contributed by atoms with Crippen LogP contribution in [0.2, 0.25) is 0 Å². The first kappa shape index (κ1) is 20.7. The molecule has 0 spiro atoms. The minimum atomic E-state index is -0.183. The van der Waals surface area contributed by atoms with Crippen molar-refractivity contribution >= 4 is 34.3 Å². The van der Waals surface area contributed by atoms with Gasteiger partial charge in [-0.1, -0.05) is 55.5 Å². The standard InChI is InChI=1S/C24H24N2O2S/c1-3-18-9-11-20(12-10-18)23(28)22(26-13-5-7-19(15-26)16-27)24(29)25-21-8-4-6-17(2)14-21/h4-15,27H,3,16H2,1-2H3,(H-,25,28,29). The molecule has 0 saturated carbocycles. The fourth-order valence-electron chi connectivity index (χ4n) is 3.04. The van der Waals surface area contributed by atoms with Gasteiger partial charge < -0.3 is 15.5 Å². The van der Waals surface area contributed by atoms with Crippen LogP contribution in [0, 0.1) is 6.92 Å². The van der Waals surface area contributed by atoms with Crippen LogP contribution < -0.4 is 15.0 Å². The minimum absolute atomic E-state index is 0.119. The summed E-state index contributed by atoms with van der Waals surface area (Å²) in [5.74, 6) is -0.183. The van der Waals surface area contributed by atoms with Crippen LogP contribution in [0.5, 0.6) is 0 Å². The first-order valence-corrected chi connectivity index (χ1v) is 9.92. The van der Waals surface area contributed by atoms with Crippen LogP contribution in [-0.2, 0) is 13.0 Å². The number of anilines is 1. The highest BCUT2D eigenvalue weighted by atomic mass is 32.1. The lowest BCUT2D eigenvalue weighted by Crippen LogP contribution is -2.40. The summed E-state index contributed by atoms with van der Waals surface area (Å²) in [4.78, 5) is 0.320. The molecular weight excluding hydrogens is 380 g/mol. The molecule has 0 bridgehead atoms. The first-order valence-electron chi connectivity index (χ1n) is 9.52. The number of hydrogen-bond acceptors (Lipinski definition) is 3. The number of nitrogens with zero attached hydrogens (tertiary/aromatic N) is 1. The normalized spacial score (nSPS) is 11.7. The lowest BCUT2D eigenvalue weighted by Gasteiger charge is -2.17. The van der Waals surface area contributed by atoms with Gasteiger partial charge in [0, 0.05) is 17.3 Å². The van der Waals surface area contributed by atoms with E-state index in [4.69, 9.17) is 12.2 Å². The molecule has 1 heterocycles. The summed E-state index contributed by atoms with van der Waals surface area (Å²) in [5, 5.41) is 26.1. The van der Waals surface area contributed by atoms with E-state index in [2.05, 4.69) is 12.2 Å². The smallest absolute Gasteiger partial charge is 0.238 e. The molecule has 148 valence electrons. The summed E-state index contributed by atoms with van der Waals surface area (Å²) in [6.45, 7) is 3.95. The molecule has 4 nitrogen and oxygen atoms in total. The van der Waals surface area contributed by atoms with Crippen molar-refractivity contribution in [2.24, 2.45) is 0 Å². The van der Waals surface area contributed by atoms with Gasteiger partial charge in [0.2, 0.25) is 5.70 Å². The Balaban J connectivity index is 2.08. The van der Waals surface area contributed by atoms with Gasteiger partial charge in [-0.05, 0) is 54.0 Å². The number of pyridine rings is 1. The van der Waals surface area contributed by atoms with Gasteiger partial charge in [0.25, 0.3) is 0 Å². The molecule has 29 heavy (non-hydrogen) atoms. The second kappa shape index (κ2) is 9.45. The average molecular weight is 405 g/mol. The molecular formula is C24H24N2O2S. The van der Waals surface area contributed by atoms with Crippen molar-refractivity contribution in [3.8, 4) is 0 Å². The molecule has 0 radical (unpaired) electrons. The highest BCUT2D eigenvalue weighted by Crippen LogP contribution is 2.18. The predicted molar refractivity (Wildman–Crippen MR) is 119 cm³/mol. The molecule has 2 aromatic carbocycles. The maximum atomic E-state index is 13.4. The number of aryl methyl sites for hydroxylation is 2. The van der Waals surface area contributed by atoms with E-state index < -0.39 is 0 Å². The van der Waals surface area contributed by atoms with E-state index in [1.165, 1.54) is 5.56 Å². The predicted octanol–water partition coefficient (Wildman–Crippen LogP) is 3.46. The Hall–Kier alpha value is -3.02. The summed E-state index contributed by atoms with van der Waals surface area (Å²) in [6, 6.07) is 19.0. The van der Waals surface area contributed by atoms with E-state index in [0.717, 1.165) is 17.7 Å². The van der Waals surface area contributed by atoms with Crippen LogP contribution in [0.3, 0.4) is 0 Å². The third kappa shape index (κ3) is 5.08. The zero-order valence-corrected chi connectivity index (χ0v) is 17.4. The zero-order chi connectivity index (χ0) is 20.8. The molecule has 3 rings (SSSR count). The van der Waals surface area contributed by atoms with Crippen molar-refractivity contribution in [2.45, 2.75) is 26.9 Å². The molecule has 0 unspecified atom stereocenters. The lowest BCUT2D eigenvalue weighted by molar-refractivity contribution is -0.578. The maximum absolute atomic E-state index is 13.4. The number of nitrogens with one attached hydrogen (secondary N) is 1. The van der Waals surface area contributed by atoms with Crippen LogP contribution in [0.1, 0.15) is 29.2 Å². The number of rotatable bonds is 6. The summed E-state index contributed by atoms with van der Waals surface area (Å²) < 4.78 is 1.67. The van der Waals surface area contributed by atoms with Gasteiger partial charge in [-0.25, -0.2) is 0 Å². The van der Waals surface area contributed by atoms with E-state index in [0.29, 0.717) is 21.8 Å². The van der Waals surface area contributed by atoms with Gasteiger partial charge in [0.1, 0.15) is 0 Å². The Morgan fingerprint density at radius 2 is 1.83 bits per heavy atom. The monoisotopic (exact) mass is 404 g/mol. The SMILES string of the molecule is CCc1ccc(C([O-])=C(C(=S)Nc2cccc(C)c2)[n+]2cccc(CO)c2)cc1. The molecule has 0 aliphatic heterocycles. The van der Waals surface area contributed by atoms with E-state index >= 15 is 0 Å². The van der Waals surface area contributed by atoms with Gasteiger partial charge in [-0.15, -0.1) is 0 Å². The summed E-state index contributed by atoms with van der Waals surface area (Å²) in [6.07, 6.45) is 4.39. The molecule has 0 amide bonds. The number of aliphatic hydroxyl groups excluding tert-OH is 1. The molecule has 5 heteroatoms. The average Bonchev–Trinajstić information content (AvgIpc) is 2.74. The molecule has 0 atom stereocenters. The topological polar surface area (TPSA) is 59.2 Å². The third-order valence-corrected chi connectivity index (χ3v) is 4.93. The van der Waals surface area contributed by atoms with E-state index in [1.807, 2.05) is 55.5 Å². The second-order valence-electron chi connectivity index (χ2n) is 6.83.